The third-order valence-corrected chi connectivity index (χ3v) is 5.97. The number of hydrogen-bond acceptors (Lipinski definition) is 7. The van der Waals surface area contributed by atoms with Gasteiger partial charge in [-0.3, -0.25) is 4.79 Å². The van der Waals surface area contributed by atoms with Gasteiger partial charge in [0.2, 0.25) is 11.0 Å². The fraction of sp³-hybridized carbons (Fsp3) is 0.786. The van der Waals surface area contributed by atoms with Gasteiger partial charge in [0.05, 0.1) is 11.9 Å². The molecule has 1 saturated carbocycles. The fourth-order valence-electron chi connectivity index (χ4n) is 2.81. The molecule has 2 heterocycles. The highest BCUT2D eigenvalue weighted by Crippen LogP contribution is 2.26. The average Bonchev–Trinajstić information content (AvgIpc) is 3.25. The average molecular weight is 342 g/mol. The summed E-state index contributed by atoms with van der Waals surface area (Å²) in [5.74, 6) is 0.512. The molecule has 1 saturated heterocycles. The predicted octanol–water partition coefficient (Wildman–Crippen LogP) is 2.28. The second-order valence-corrected chi connectivity index (χ2v) is 7.93. The van der Waals surface area contributed by atoms with E-state index in [2.05, 4.69) is 20.8 Å². The van der Waals surface area contributed by atoms with E-state index in [1.165, 1.54) is 35.9 Å². The summed E-state index contributed by atoms with van der Waals surface area (Å²) < 4.78 is 6.39. The number of carbonyl (C=O) groups excluding carboxylic acids is 1. The minimum Gasteiger partial charge on any atom is -0.376 e. The maximum Gasteiger partial charge on any atom is 0.230 e. The van der Waals surface area contributed by atoms with Crippen molar-refractivity contribution in [1.82, 2.24) is 15.5 Å². The summed E-state index contributed by atoms with van der Waals surface area (Å²) in [6.45, 7) is 1.64. The van der Waals surface area contributed by atoms with Gasteiger partial charge in [-0.05, 0) is 25.7 Å². The number of nitrogens with zero attached hydrogens (tertiary/aromatic N) is 2. The summed E-state index contributed by atoms with van der Waals surface area (Å²) in [4.78, 5) is 11.9. The Hall–Kier alpha value is -0.860. The first-order valence-corrected chi connectivity index (χ1v) is 9.71. The number of carbonyl (C=O) groups is 1. The van der Waals surface area contributed by atoms with Crippen LogP contribution in [0, 0.1) is 0 Å². The van der Waals surface area contributed by atoms with Gasteiger partial charge in [-0.1, -0.05) is 35.9 Å². The summed E-state index contributed by atoms with van der Waals surface area (Å²) >= 11 is 2.95. The molecule has 0 aromatic carbocycles. The number of aromatic nitrogens is 2. The third-order valence-electron chi connectivity index (χ3n) is 3.96. The van der Waals surface area contributed by atoms with E-state index in [1.54, 1.807) is 0 Å². The Morgan fingerprint density at radius 1 is 1.27 bits per heavy atom. The van der Waals surface area contributed by atoms with E-state index < -0.39 is 0 Å². The molecule has 1 aliphatic carbocycles. The molecular formula is C14H22N4O2S2. The molecule has 0 spiro atoms. The van der Waals surface area contributed by atoms with E-state index >= 15 is 0 Å². The molecule has 1 aromatic heterocycles. The number of hydrogen-bond donors (Lipinski definition) is 2. The maximum absolute atomic E-state index is 11.9. The van der Waals surface area contributed by atoms with Crippen LogP contribution in [0.2, 0.25) is 0 Å². The van der Waals surface area contributed by atoms with Crippen molar-refractivity contribution in [3.8, 4) is 0 Å². The Bertz CT molecular complexity index is 485. The molecule has 0 radical (unpaired) electrons. The molecule has 1 atom stereocenters. The molecule has 0 bridgehead atoms. The van der Waals surface area contributed by atoms with E-state index in [4.69, 9.17) is 4.74 Å². The van der Waals surface area contributed by atoms with Crippen LogP contribution in [0.1, 0.15) is 38.5 Å². The van der Waals surface area contributed by atoms with E-state index in [0.717, 1.165) is 48.3 Å². The number of rotatable bonds is 7. The van der Waals surface area contributed by atoms with Crippen LogP contribution in [-0.2, 0) is 9.53 Å². The summed E-state index contributed by atoms with van der Waals surface area (Å²) in [5, 5.41) is 15.4. The minimum absolute atomic E-state index is 0.0981. The molecule has 1 aromatic rings. The van der Waals surface area contributed by atoms with Crippen molar-refractivity contribution in [3.63, 3.8) is 0 Å². The van der Waals surface area contributed by atoms with Crippen molar-refractivity contribution in [2.24, 2.45) is 0 Å². The van der Waals surface area contributed by atoms with Gasteiger partial charge in [-0.15, -0.1) is 10.2 Å². The monoisotopic (exact) mass is 342 g/mol. The van der Waals surface area contributed by atoms with Gasteiger partial charge in [-0.2, -0.15) is 0 Å². The number of ether oxygens (including phenoxy) is 1. The molecular weight excluding hydrogens is 320 g/mol. The Balaban J connectivity index is 1.36. The fourth-order valence-corrected chi connectivity index (χ4v) is 4.38. The van der Waals surface area contributed by atoms with E-state index in [1.807, 2.05) is 0 Å². The lowest BCUT2D eigenvalue weighted by Gasteiger charge is -2.10. The van der Waals surface area contributed by atoms with E-state index in [9.17, 15) is 4.79 Å². The van der Waals surface area contributed by atoms with Crippen LogP contribution in [0.5, 0.6) is 0 Å². The van der Waals surface area contributed by atoms with Crippen LogP contribution >= 0.6 is 23.1 Å². The molecule has 8 heteroatoms. The van der Waals surface area contributed by atoms with Gasteiger partial charge in [-0.25, -0.2) is 0 Å². The molecule has 22 heavy (non-hydrogen) atoms. The topological polar surface area (TPSA) is 76.1 Å². The molecule has 3 rings (SSSR count). The minimum atomic E-state index is 0.0981. The largest absolute Gasteiger partial charge is 0.376 e. The van der Waals surface area contributed by atoms with Crippen LogP contribution in [0.4, 0.5) is 5.13 Å². The van der Waals surface area contributed by atoms with Crippen molar-refractivity contribution in [2.45, 2.75) is 55.0 Å². The van der Waals surface area contributed by atoms with Crippen molar-refractivity contribution >= 4 is 34.1 Å². The van der Waals surface area contributed by atoms with Gasteiger partial charge >= 0.3 is 0 Å². The van der Waals surface area contributed by atoms with Crippen LogP contribution in [0.25, 0.3) is 0 Å². The first-order chi connectivity index (χ1) is 10.8. The summed E-state index contributed by atoms with van der Waals surface area (Å²) in [5.41, 5.74) is 0. The molecule has 2 N–H and O–H groups in total. The lowest BCUT2D eigenvalue weighted by atomic mass is 10.2. The molecule has 1 aliphatic heterocycles. The van der Waals surface area contributed by atoms with Crippen molar-refractivity contribution in [2.75, 3.05) is 24.2 Å². The summed E-state index contributed by atoms with van der Waals surface area (Å²) in [7, 11) is 0. The third kappa shape index (κ3) is 4.82. The first kappa shape index (κ1) is 16.0. The number of thioether (sulfide) groups is 1. The zero-order valence-corrected chi connectivity index (χ0v) is 14.2. The lowest BCUT2D eigenvalue weighted by Crippen LogP contribution is -2.33. The summed E-state index contributed by atoms with van der Waals surface area (Å²) in [6, 6.07) is 0.381. The molecule has 2 fully saturated rings. The zero-order chi connectivity index (χ0) is 15.2. The molecule has 1 amide bonds. The number of nitrogens with one attached hydrogen (secondary N) is 2. The van der Waals surface area contributed by atoms with Crippen LogP contribution < -0.4 is 10.6 Å². The highest BCUT2D eigenvalue weighted by molar-refractivity contribution is 8.01. The number of anilines is 1. The highest BCUT2D eigenvalue weighted by Gasteiger charge is 2.18. The highest BCUT2D eigenvalue weighted by atomic mass is 32.2. The molecule has 0 unspecified atom stereocenters. The molecule has 2 aliphatic rings. The van der Waals surface area contributed by atoms with Gasteiger partial charge in [0, 0.05) is 19.2 Å². The van der Waals surface area contributed by atoms with Crippen LogP contribution in [0.15, 0.2) is 4.34 Å². The van der Waals surface area contributed by atoms with E-state index in [0.29, 0.717) is 11.8 Å². The molecule has 122 valence electrons. The maximum atomic E-state index is 11.9. The standard InChI is InChI=1S/C14H22N4O2S2/c19-12(16-10-4-1-2-5-10)9-21-14-18-17-13(22-14)15-8-11-6-3-7-20-11/h10-11H,1-9H2,(H,15,17)(H,16,19)/t11-/m0/s1. The van der Waals surface area contributed by atoms with Crippen molar-refractivity contribution < 1.29 is 9.53 Å². The van der Waals surface area contributed by atoms with Crippen LogP contribution in [0.3, 0.4) is 0 Å². The second kappa shape index (κ2) is 8.12. The van der Waals surface area contributed by atoms with Crippen molar-refractivity contribution in [3.05, 3.63) is 0 Å². The molecule has 6 nitrogen and oxygen atoms in total. The number of amides is 1. The van der Waals surface area contributed by atoms with E-state index in [-0.39, 0.29) is 12.0 Å². The Labute approximate surface area is 138 Å². The Morgan fingerprint density at radius 3 is 2.91 bits per heavy atom. The quantitative estimate of drug-likeness (QED) is 0.741. The smallest absolute Gasteiger partial charge is 0.230 e. The van der Waals surface area contributed by atoms with Gasteiger partial charge in [0.15, 0.2) is 4.34 Å². The van der Waals surface area contributed by atoms with Gasteiger partial charge in [0.1, 0.15) is 0 Å². The zero-order valence-electron chi connectivity index (χ0n) is 12.5. The SMILES string of the molecule is O=C(CSc1nnc(NC[C@@H]2CCCO2)s1)NC1CCCC1. The summed E-state index contributed by atoms with van der Waals surface area (Å²) in [6.07, 6.45) is 7.23. The van der Waals surface area contributed by atoms with Crippen LogP contribution in [-0.4, -0.2) is 47.2 Å². The van der Waals surface area contributed by atoms with Gasteiger partial charge < -0.3 is 15.4 Å². The van der Waals surface area contributed by atoms with Gasteiger partial charge in [0.25, 0.3) is 0 Å². The Morgan fingerprint density at radius 2 is 2.14 bits per heavy atom. The normalized spacial score (nSPS) is 22.1. The predicted molar refractivity (Wildman–Crippen MR) is 88.5 cm³/mol. The second-order valence-electron chi connectivity index (χ2n) is 5.73. The lowest BCUT2D eigenvalue weighted by molar-refractivity contribution is -0.119. The van der Waals surface area contributed by atoms with Crippen molar-refractivity contribution in [1.29, 1.82) is 0 Å². The first-order valence-electron chi connectivity index (χ1n) is 7.91. The Kier molecular flexibility index (Phi) is 5.91.